The van der Waals surface area contributed by atoms with Crippen LogP contribution < -0.4 is 11.5 Å². The average molecular weight is 336 g/mol. The monoisotopic (exact) mass is 336 g/mol. The quantitative estimate of drug-likeness (QED) is 0.816. The van der Waals surface area contributed by atoms with Gasteiger partial charge in [-0.25, -0.2) is 9.97 Å². The number of nitrogens with zero attached hydrogens (tertiary/aromatic N) is 4. The van der Waals surface area contributed by atoms with Crippen LogP contribution in [0.2, 0.25) is 0 Å². The van der Waals surface area contributed by atoms with Crippen LogP contribution in [-0.2, 0) is 11.3 Å². The summed E-state index contributed by atoms with van der Waals surface area (Å²) < 4.78 is 26.5. The Morgan fingerprint density at radius 3 is 2.58 bits per heavy atom. The number of carbonyl (C=O) groups is 1. The molecule has 0 aromatic carbocycles. The van der Waals surface area contributed by atoms with Crippen molar-refractivity contribution in [2.45, 2.75) is 19.4 Å². The van der Waals surface area contributed by atoms with Gasteiger partial charge in [0.2, 0.25) is 5.95 Å². The van der Waals surface area contributed by atoms with Gasteiger partial charge in [-0.2, -0.15) is 8.78 Å². The van der Waals surface area contributed by atoms with Crippen molar-refractivity contribution in [1.29, 1.82) is 0 Å². The van der Waals surface area contributed by atoms with Crippen LogP contribution in [0.1, 0.15) is 12.6 Å². The minimum atomic E-state index is -3.45. The molecule has 0 bridgehead atoms. The van der Waals surface area contributed by atoms with Crippen molar-refractivity contribution in [3.63, 3.8) is 0 Å². The molecule has 0 saturated carbocycles. The first-order valence-electron chi connectivity index (χ1n) is 7.22. The lowest BCUT2D eigenvalue weighted by Crippen LogP contribution is -2.43. The zero-order chi connectivity index (χ0) is 17.7. The van der Waals surface area contributed by atoms with E-state index in [9.17, 15) is 13.6 Å². The van der Waals surface area contributed by atoms with Gasteiger partial charge >= 0.3 is 5.92 Å². The minimum absolute atomic E-state index is 0.0220. The summed E-state index contributed by atoms with van der Waals surface area (Å²) in [6.45, 7) is 0.620. The third kappa shape index (κ3) is 4.42. The van der Waals surface area contributed by atoms with Gasteiger partial charge in [0.15, 0.2) is 0 Å². The maximum absolute atomic E-state index is 13.2. The molecule has 9 heteroatoms. The molecule has 2 aromatic heterocycles. The number of nitrogen functional groups attached to an aromatic ring is 1. The molecule has 0 spiro atoms. The minimum Gasteiger partial charge on any atom is -0.368 e. The van der Waals surface area contributed by atoms with Gasteiger partial charge in [0, 0.05) is 38.0 Å². The van der Waals surface area contributed by atoms with Gasteiger partial charge in [-0.1, -0.05) is 0 Å². The molecule has 2 aromatic rings. The second-order valence-corrected chi connectivity index (χ2v) is 5.24. The van der Waals surface area contributed by atoms with Crippen LogP contribution in [0.25, 0.3) is 11.3 Å². The Balaban J connectivity index is 2.16. The molecular formula is C15H18F2N6O. The van der Waals surface area contributed by atoms with Crippen LogP contribution >= 0.6 is 0 Å². The van der Waals surface area contributed by atoms with Crippen molar-refractivity contribution < 1.29 is 13.6 Å². The van der Waals surface area contributed by atoms with Crippen LogP contribution in [0.4, 0.5) is 14.7 Å². The fourth-order valence-electron chi connectivity index (χ4n) is 2.09. The molecule has 0 fully saturated rings. The predicted octanol–water partition coefficient (Wildman–Crippen LogP) is 1.06. The lowest BCUT2D eigenvalue weighted by Gasteiger charge is -2.24. The Bertz CT molecular complexity index is 702. The number of hydrogen-bond acceptors (Lipinski definition) is 6. The Hall–Kier alpha value is -2.68. The summed E-state index contributed by atoms with van der Waals surface area (Å²) in [7, 11) is 0. The highest BCUT2D eigenvalue weighted by Gasteiger charge is 2.36. The Morgan fingerprint density at radius 2 is 2.04 bits per heavy atom. The third-order valence-corrected chi connectivity index (χ3v) is 3.21. The topological polar surface area (TPSA) is 111 Å². The zero-order valence-electron chi connectivity index (χ0n) is 13.1. The van der Waals surface area contributed by atoms with Gasteiger partial charge in [-0.3, -0.25) is 9.78 Å². The molecule has 0 aliphatic carbocycles. The van der Waals surface area contributed by atoms with Gasteiger partial charge < -0.3 is 16.4 Å². The van der Waals surface area contributed by atoms with E-state index in [0.717, 1.165) is 4.90 Å². The molecule has 0 unspecified atom stereocenters. The lowest BCUT2D eigenvalue weighted by atomic mass is 10.2. The third-order valence-electron chi connectivity index (χ3n) is 3.21. The first-order valence-corrected chi connectivity index (χ1v) is 7.22. The fourth-order valence-corrected chi connectivity index (χ4v) is 2.09. The summed E-state index contributed by atoms with van der Waals surface area (Å²) >= 11 is 0. The van der Waals surface area contributed by atoms with E-state index in [1.165, 1.54) is 12.4 Å². The highest BCUT2D eigenvalue weighted by atomic mass is 19.3. The number of alkyl halides is 2. The van der Waals surface area contributed by atoms with Gasteiger partial charge in [0.25, 0.3) is 5.91 Å². The maximum atomic E-state index is 13.2. The number of halogens is 2. The number of amides is 1. The summed E-state index contributed by atoms with van der Waals surface area (Å²) in [5, 5.41) is 0. The molecule has 24 heavy (non-hydrogen) atoms. The molecule has 7 nitrogen and oxygen atoms in total. The second-order valence-electron chi connectivity index (χ2n) is 5.24. The predicted molar refractivity (Wildman–Crippen MR) is 84.8 cm³/mol. The summed E-state index contributed by atoms with van der Waals surface area (Å²) in [6.07, 6.45) is 3.06. The van der Waals surface area contributed by atoms with E-state index >= 15 is 0 Å². The molecule has 2 heterocycles. The first kappa shape index (κ1) is 17.7. The number of nitrogens with two attached hydrogens (primary N) is 2. The maximum Gasteiger partial charge on any atom is 0.322 e. The van der Waals surface area contributed by atoms with Crippen LogP contribution in [0.15, 0.2) is 30.6 Å². The van der Waals surface area contributed by atoms with Crippen LogP contribution in [0.3, 0.4) is 0 Å². The van der Waals surface area contributed by atoms with Crippen molar-refractivity contribution in [3.8, 4) is 11.3 Å². The first-order chi connectivity index (χ1) is 11.3. The SMILES string of the molecule is CC(F)(F)C(=O)N(CCN)Cc1ccc(-c2ccnc(N)n2)cn1. The Kier molecular flexibility index (Phi) is 5.35. The van der Waals surface area contributed by atoms with Gasteiger partial charge in [-0.05, 0) is 18.2 Å². The molecule has 0 aliphatic heterocycles. The highest BCUT2D eigenvalue weighted by Crippen LogP contribution is 2.19. The molecule has 0 aliphatic rings. The number of pyridine rings is 1. The Morgan fingerprint density at radius 1 is 1.29 bits per heavy atom. The fraction of sp³-hybridized carbons (Fsp3) is 0.333. The molecule has 2 rings (SSSR count). The van der Waals surface area contributed by atoms with E-state index in [1.807, 2.05) is 0 Å². The second kappa shape index (κ2) is 7.26. The lowest BCUT2D eigenvalue weighted by molar-refractivity contribution is -0.155. The smallest absolute Gasteiger partial charge is 0.322 e. The number of aromatic nitrogens is 3. The van der Waals surface area contributed by atoms with E-state index in [0.29, 0.717) is 23.9 Å². The molecule has 0 saturated heterocycles. The molecule has 0 radical (unpaired) electrons. The average Bonchev–Trinajstić information content (AvgIpc) is 2.53. The molecule has 0 atom stereocenters. The van der Waals surface area contributed by atoms with Crippen molar-refractivity contribution in [1.82, 2.24) is 19.9 Å². The Labute approximate surface area is 137 Å². The molecule has 128 valence electrons. The summed E-state index contributed by atoms with van der Waals surface area (Å²) in [6, 6.07) is 5.03. The standard InChI is InChI=1S/C15H18F2N6O/c1-15(16,17)13(24)23(7-5-18)9-11-3-2-10(8-21-11)12-4-6-20-14(19)22-12/h2-4,6,8H,5,7,9,18H2,1H3,(H2,19,20,22). The highest BCUT2D eigenvalue weighted by molar-refractivity contribution is 5.83. The molecular weight excluding hydrogens is 318 g/mol. The number of carbonyl (C=O) groups excluding carboxylic acids is 1. The van der Waals surface area contributed by atoms with E-state index in [4.69, 9.17) is 11.5 Å². The van der Waals surface area contributed by atoms with E-state index < -0.39 is 11.8 Å². The van der Waals surface area contributed by atoms with Crippen LogP contribution in [-0.4, -0.2) is 44.8 Å². The van der Waals surface area contributed by atoms with E-state index in [-0.39, 0.29) is 25.6 Å². The van der Waals surface area contributed by atoms with E-state index in [2.05, 4.69) is 15.0 Å². The molecule has 1 amide bonds. The van der Waals surface area contributed by atoms with Crippen molar-refractivity contribution in [2.24, 2.45) is 5.73 Å². The normalized spacial score (nSPS) is 11.3. The molecule has 4 N–H and O–H groups in total. The van der Waals surface area contributed by atoms with Gasteiger partial charge in [0.1, 0.15) is 0 Å². The van der Waals surface area contributed by atoms with Gasteiger partial charge in [-0.15, -0.1) is 0 Å². The van der Waals surface area contributed by atoms with Crippen LogP contribution in [0, 0.1) is 0 Å². The summed E-state index contributed by atoms with van der Waals surface area (Å²) in [5.41, 5.74) is 12.7. The van der Waals surface area contributed by atoms with E-state index in [1.54, 1.807) is 18.2 Å². The number of anilines is 1. The van der Waals surface area contributed by atoms with Crippen molar-refractivity contribution in [2.75, 3.05) is 18.8 Å². The number of hydrogen-bond donors (Lipinski definition) is 2. The largest absolute Gasteiger partial charge is 0.368 e. The van der Waals surface area contributed by atoms with Crippen molar-refractivity contribution >= 4 is 11.9 Å². The van der Waals surface area contributed by atoms with Crippen LogP contribution in [0.5, 0.6) is 0 Å². The van der Waals surface area contributed by atoms with Crippen molar-refractivity contribution in [3.05, 3.63) is 36.3 Å². The van der Waals surface area contributed by atoms with Gasteiger partial charge in [0.05, 0.1) is 17.9 Å². The zero-order valence-corrected chi connectivity index (χ0v) is 13.1. The summed E-state index contributed by atoms with van der Waals surface area (Å²) in [4.78, 5) is 24.8. The number of rotatable bonds is 6. The summed E-state index contributed by atoms with van der Waals surface area (Å²) in [5.74, 6) is -4.59.